The number of nitrogens with zero attached hydrogens (tertiary/aromatic N) is 3. The van der Waals surface area contributed by atoms with Crippen molar-refractivity contribution in [1.82, 2.24) is 9.97 Å². The summed E-state index contributed by atoms with van der Waals surface area (Å²) >= 11 is 0. The zero-order valence-electron chi connectivity index (χ0n) is 22.7. The van der Waals surface area contributed by atoms with Gasteiger partial charge in [-0.2, -0.15) is 0 Å². The van der Waals surface area contributed by atoms with Crippen LogP contribution in [0.3, 0.4) is 0 Å². The Morgan fingerprint density at radius 3 is 2.07 bits per heavy atom. The molecular formula is C36H28N3OPt-. The van der Waals surface area contributed by atoms with Crippen molar-refractivity contribution in [3.63, 3.8) is 0 Å². The monoisotopic (exact) mass is 713 g/mol. The van der Waals surface area contributed by atoms with E-state index in [4.69, 9.17) is 9.97 Å². The number of aromatic hydroxyl groups is 1. The van der Waals surface area contributed by atoms with Crippen molar-refractivity contribution < 1.29 is 26.2 Å². The number of phenols is 1. The van der Waals surface area contributed by atoms with Gasteiger partial charge in [0.15, 0.2) is 0 Å². The van der Waals surface area contributed by atoms with E-state index in [9.17, 15) is 5.11 Å². The normalized spacial score (nSPS) is 10.6. The van der Waals surface area contributed by atoms with Crippen LogP contribution in [-0.2, 0) is 21.1 Å². The molecule has 204 valence electrons. The van der Waals surface area contributed by atoms with E-state index in [2.05, 4.69) is 67.3 Å². The summed E-state index contributed by atoms with van der Waals surface area (Å²) in [5, 5.41) is 10.6. The molecule has 0 saturated carbocycles. The molecule has 0 fully saturated rings. The van der Waals surface area contributed by atoms with Crippen LogP contribution < -0.4 is 4.90 Å². The molecule has 0 bridgehead atoms. The fourth-order valence-corrected chi connectivity index (χ4v) is 5.03. The van der Waals surface area contributed by atoms with Crippen LogP contribution in [0.5, 0.6) is 5.75 Å². The molecular weight excluding hydrogens is 685 g/mol. The van der Waals surface area contributed by atoms with Gasteiger partial charge >= 0.3 is 0 Å². The maximum Gasteiger partial charge on any atom is 0.136 e. The fraction of sp³-hybridized carbons (Fsp3) is 0.0556. The molecule has 0 aliphatic carbocycles. The van der Waals surface area contributed by atoms with Gasteiger partial charge in [-0.25, -0.2) is 4.98 Å². The first-order chi connectivity index (χ1) is 19.6. The molecule has 41 heavy (non-hydrogen) atoms. The van der Waals surface area contributed by atoms with Crippen molar-refractivity contribution in [1.29, 1.82) is 0 Å². The van der Waals surface area contributed by atoms with Gasteiger partial charge in [-0.15, -0.1) is 29.8 Å². The first-order valence-electron chi connectivity index (χ1n) is 13.2. The number of para-hydroxylation sites is 2. The van der Waals surface area contributed by atoms with Gasteiger partial charge in [0.2, 0.25) is 0 Å². The Kier molecular flexibility index (Phi) is 8.42. The Morgan fingerprint density at radius 1 is 0.659 bits per heavy atom. The van der Waals surface area contributed by atoms with Crippen molar-refractivity contribution in [2.45, 2.75) is 13.8 Å². The minimum absolute atomic E-state index is 0. The summed E-state index contributed by atoms with van der Waals surface area (Å²) in [7, 11) is 0. The molecule has 6 aromatic rings. The molecule has 5 heteroatoms. The van der Waals surface area contributed by atoms with E-state index in [-0.39, 0.29) is 26.8 Å². The summed E-state index contributed by atoms with van der Waals surface area (Å²) in [4.78, 5) is 11.9. The maximum absolute atomic E-state index is 10.6. The van der Waals surface area contributed by atoms with Crippen LogP contribution in [0.1, 0.15) is 11.1 Å². The van der Waals surface area contributed by atoms with E-state index in [0.717, 1.165) is 50.7 Å². The van der Waals surface area contributed by atoms with Crippen LogP contribution in [0, 0.1) is 19.9 Å². The third-order valence-electron chi connectivity index (χ3n) is 6.95. The zero-order chi connectivity index (χ0) is 27.5. The number of benzene rings is 4. The predicted molar refractivity (Wildman–Crippen MR) is 163 cm³/mol. The van der Waals surface area contributed by atoms with Gasteiger partial charge in [0.05, 0.1) is 11.4 Å². The Labute approximate surface area is 255 Å². The van der Waals surface area contributed by atoms with E-state index in [1.165, 1.54) is 0 Å². The molecule has 1 N–H and O–H groups in total. The minimum atomic E-state index is 0. The Balaban J connectivity index is 0.00000337. The second-order valence-electron chi connectivity index (χ2n) is 9.72. The fourth-order valence-electron chi connectivity index (χ4n) is 5.03. The van der Waals surface area contributed by atoms with Gasteiger partial charge in [-0.05, 0) is 77.8 Å². The van der Waals surface area contributed by atoms with E-state index >= 15 is 0 Å². The van der Waals surface area contributed by atoms with Crippen molar-refractivity contribution in [2.75, 3.05) is 4.90 Å². The van der Waals surface area contributed by atoms with Gasteiger partial charge in [0, 0.05) is 32.8 Å². The van der Waals surface area contributed by atoms with Gasteiger partial charge in [0.25, 0.3) is 0 Å². The Morgan fingerprint density at radius 2 is 1.34 bits per heavy atom. The van der Waals surface area contributed by atoms with Crippen LogP contribution in [0.25, 0.3) is 33.6 Å². The SMILES string of the molecule is Cc1cccc(C)c1N(c1[c-]c(-c2cc(-c3ccccc3)cc(-c3ccccc3O)n2)ccc1)c1ccccn1.[Pt]. The molecule has 2 heterocycles. The molecule has 0 spiro atoms. The number of anilines is 3. The number of rotatable bonds is 6. The molecule has 4 nitrogen and oxygen atoms in total. The van der Waals surface area contributed by atoms with Crippen LogP contribution in [0.15, 0.2) is 128 Å². The first kappa shape index (κ1) is 28.0. The molecule has 4 aromatic carbocycles. The predicted octanol–water partition coefficient (Wildman–Crippen LogP) is 9.07. The van der Waals surface area contributed by atoms with Gasteiger partial charge in [0.1, 0.15) is 11.6 Å². The summed E-state index contributed by atoms with van der Waals surface area (Å²) in [6.07, 6.45) is 1.81. The Hall–Kier alpha value is -4.53. The number of phenolic OH excluding ortho intramolecular Hbond substituents is 1. The van der Waals surface area contributed by atoms with E-state index < -0.39 is 0 Å². The van der Waals surface area contributed by atoms with Crippen LogP contribution >= 0.6 is 0 Å². The van der Waals surface area contributed by atoms with Crippen molar-refractivity contribution in [3.8, 4) is 39.4 Å². The number of hydrogen-bond acceptors (Lipinski definition) is 4. The average Bonchev–Trinajstić information content (AvgIpc) is 3.00. The molecule has 0 aliphatic heterocycles. The number of aryl methyl sites for hydroxylation is 2. The summed E-state index contributed by atoms with van der Waals surface area (Å²) < 4.78 is 0. The molecule has 0 atom stereocenters. The third-order valence-corrected chi connectivity index (χ3v) is 6.95. The van der Waals surface area contributed by atoms with Gasteiger partial charge in [-0.3, -0.25) is 4.98 Å². The quantitative estimate of drug-likeness (QED) is 0.175. The number of aromatic nitrogens is 2. The summed E-state index contributed by atoms with van der Waals surface area (Å²) in [6, 6.07) is 43.6. The topological polar surface area (TPSA) is 49.2 Å². The molecule has 0 unspecified atom stereocenters. The van der Waals surface area contributed by atoms with E-state index in [1.807, 2.05) is 79.0 Å². The van der Waals surface area contributed by atoms with Gasteiger partial charge < -0.3 is 10.0 Å². The summed E-state index contributed by atoms with van der Waals surface area (Å²) in [5.74, 6) is 1.01. The van der Waals surface area contributed by atoms with Crippen molar-refractivity contribution in [3.05, 3.63) is 145 Å². The minimum Gasteiger partial charge on any atom is -0.507 e. The first-order valence-corrected chi connectivity index (χ1v) is 13.2. The molecule has 2 aromatic heterocycles. The molecule has 0 amide bonds. The van der Waals surface area contributed by atoms with E-state index in [1.54, 1.807) is 6.07 Å². The molecule has 0 saturated heterocycles. The van der Waals surface area contributed by atoms with E-state index in [0.29, 0.717) is 11.3 Å². The largest absolute Gasteiger partial charge is 0.507 e. The third kappa shape index (κ3) is 5.84. The second kappa shape index (κ2) is 12.3. The standard InChI is InChI=1S/C36H28N3O.Pt/c1-25-12-10-13-26(2)36(25)39(35-20-8-9-21-37-35)30-17-11-16-28(22-30)32-23-29(27-14-4-3-5-15-27)24-33(38-32)31-18-6-7-19-34(31)40;/h3-21,23-24,40H,1-2H3;/q-1;. The molecule has 0 aliphatic rings. The molecule has 6 rings (SSSR count). The maximum atomic E-state index is 10.6. The van der Waals surface area contributed by atoms with Crippen molar-refractivity contribution in [2.24, 2.45) is 0 Å². The Bertz CT molecular complexity index is 1770. The average molecular weight is 714 g/mol. The zero-order valence-corrected chi connectivity index (χ0v) is 25.0. The summed E-state index contributed by atoms with van der Waals surface area (Å²) in [5.41, 5.74) is 9.32. The van der Waals surface area contributed by atoms with Crippen LogP contribution in [0.4, 0.5) is 17.2 Å². The summed E-state index contributed by atoms with van der Waals surface area (Å²) in [6.45, 7) is 4.23. The van der Waals surface area contributed by atoms with Gasteiger partial charge in [-0.1, -0.05) is 72.8 Å². The number of hydrogen-bond donors (Lipinski definition) is 1. The van der Waals surface area contributed by atoms with Crippen LogP contribution in [-0.4, -0.2) is 15.1 Å². The smallest absolute Gasteiger partial charge is 0.136 e. The molecule has 0 radical (unpaired) electrons. The van der Waals surface area contributed by atoms with Crippen molar-refractivity contribution >= 4 is 17.2 Å². The number of pyridine rings is 2. The van der Waals surface area contributed by atoms with Crippen LogP contribution in [0.2, 0.25) is 0 Å². The second-order valence-corrected chi connectivity index (χ2v) is 9.72.